The summed E-state index contributed by atoms with van der Waals surface area (Å²) in [5.41, 5.74) is 4.90. The molecule has 0 aliphatic carbocycles. The number of rotatable bonds is 6. The van der Waals surface area contributed by atoms with Crippen molar-refractivity contribution in [2.24, 2.45) is 11.7 Å². The molecule has 0 aromatic rings. The number of carboxylic acid groups (broad SMARTS) is 1. The van der Waals surface area contributed by atoms with Gasteiger partial charge in [0.15, 0.2) is 0 Å². The Balaban J connectivity index is 4.62. The van der Waals surface area contributed by atoms with Gasteiger partial charge in [-0.3, -0.25) is 4.79 Å². The maximum Gasteiger partial charge on any atom is 0.328 e. The predicted molar refractivity (Wildman–Crippen MR) is 58.0 cm³/mol. The van der Waals surface area contributed by atoms with Crippen molar-refractivity contribution in [1.29, 1.82) is 0 Å². The monoisotopic (exact) mass is 247 g/mol. The van der Waals surface area contributed by atoms with Crippen LogP contribution in [0.2, 0.25) is 0 Å². The Kier molecular flexibility index (Phi) is 5.97. The number of aliphatic hydroxyl groups excluding tert-OH is 1. The number of hydrogen-bond acceptors (Lipinski definition) is 4. The van der Waals surface area contributed by atoms with Gasteiger partial charge in [0, 0.05) is 0 Å². The Labute approximate surface area is 98.2 Å². The van der Waals surface area contributed by atoms with Gasteiger partial charge in [0.05, 0.1) is 6.61 Å². The quantitative estimate of drug-likeness (QED) is 0.378. The minimum Gasteiger partial charge on any atom is -0.480 e. The van der Waals surface area contributed by atoms with Gasteiger partial charge < -0.3 is 26.6 Å². The number of carboxylic acids is 1. The van der Waals surface area contributed by atoms with Crippen molar-refractivity contribution >= 4 is 17.9 Å². The zero-order chi connectivity index (χ0) is 13.6. The minimum atomic E-state index is -1.40. The second-order valence-electron chi connectivity index (χ2n) is 3.81. The number of amides is 3. The molecule has 0 heterocycles. The highest BCUT2D eigenvalue weighted by atomic mass is 16.4. The van der Waals surface area contributed by atoms with E-state index in [0.29, 0.717) is 0 Å². The predicted octanol–water partition coefficient (Wildman–Crippen LogP) is -1.76. The molecule has 3 amide bonds. The first-order valence-electron chi connectivity index (χ1n) is 4.99. The molecule has 0 aliphatic heterocycles. The molecule has 0 spiro atoms. The van der Waals surface area contributed by atoms with Gasteiger partial charge >= 0.3 is 12.0 Å². The maximum absolute atomic E-state index is 11.6. The highest BCUT2D eigenvalue weighted by molar-refractivity contribution is 5.89. The van der Waals surface area contributed by atoms with Crippen LogP contribution in [0.5, 0.6) is 0 Å². The molecule has 0 saturated carbocycles. The van der Waals surface area contributed by atoms with Crippen molar-refractivity contribution in [1.82, 2.24) is 10.6 Å². The average molecular weight is 247 g/mol. The first kappa shape index (κ1) is 15.2. The number of hydrogen-bond donors (Lipinski definition) is 5. The van der Waals surface area contributed by atoms with Crippen molar-refractivity contribution in [3.8, 4) is 0 Å². The summed E-state index contributed by atoms with van der Waals surface area (Å²) in [5.74, 6) is -2.33. The Hall–Kier alpha value is -1.83. The van der Waals surface area contributed by atoms with Crippen LogP contribution in [-0.4, -0.2) is 46.8 Å². The molecular weight excluding hydrogens is 230 g/mol. The highest BCUT2D eigenvalue weighted by Crippen LogP contribution is 2.02. The Morgan fingerprint density at radius 1 is 1.24 bits per heavy atom. The molecule has 0 aliphatic rings. The number of aliphatic carboxylic acids is 1. The van der Waals surface area contributed by atoms with Crippen LogP contribution in [0.4, 0.5) is 4.79 Å². The van der Waals surface area contributed by atoms with Crippen molar-refractivity contribution < 1.29 is 24.6 Å². The van der Waals surface area contributed by atoms with Crippen molar-refractivity contribution in [3.05, 3.63) is 0 Å². The number of aliphatic hydroxyl groups is 1. The molecule has 17 heavy (non-hydrogen) atoms. The van der Waals surface area contributed by atoms with E-state index in [2.05, 4.69) is 10.6 Å². The largest absolute Gasteiger partial charge is 0.480 e. The van der Waals surface area contributed by atoms with Crippen LogP contribution in [0.1, 0.15) is 13.8 Å². The van der Waals surface area contributed by atoms with Crippen LogP contribution in [0.15, 0.2) is 0 Å². The molecule has 2 atom stereocenters. The molecule has 0 fully saturated rings. The van der Waals surface area contributed by atoms with E-state index in [1.54, 1.807) is 13.8 Å². The molecule has 0 bridgehead atoms. The Bertz CT molecular complexity index is 305. The first-order chi connectivity index (χ1) is 7.79. The SMILES string of the molecule is CC(C)C(NC(N)=O)C(=O)NC(CO)C(=O)O. The zero-order valence-electron chi connectivity index (χ0n) is 9.64. The molecule has 98 valence electrons. The molecule has 0 radical (unpaired) electrons. The van der Waals surface area contributed by atoms with Crippen LogP contribution in [0, 0.1) is 5.92 Å². The van der Waals surface area contributed by atoms with Gasteiger partial charge in [-0.2, -0.15) is 0 Å². The summed E-state index contributed by atoms with van der Waals surface area (Å²) in [5, 5.41) is 21.7. The molecular formula is C9H17N3O5. The smallest absolute Gasteiger partial charge is 0.328 e. The molecule has 0 aromatic heterocycles. The standard InChI is InChI=1S/C9H17N3O5/c1-4(2)6(12-9(10)17)7(14)11-5(3-13)8(15)16/h4-6,13H,3H2,1-2H3,(H,11,14)(H,15,16)(H3,10,12,17). The molecule has 8 nitrogen and oxygen atoms in total. The lowest BCUT2D eigenvalue weighted by Gasteiger charge is -2.22. The van der Waals surface area contributed by atoms with Crippen LogP contribution in [0.25, 0.3) is 0 Å². The number of primary amides is 1. The number of urea groups is 1. The molecule has 6 N–H and O–H groups in total. The minimum absolute atomic E-state index is 0.268. The second-order valence-corrected chi connectivity index (χ2v) is 3.81. The Morgan fingerprint density at radius 2 is 1.76 bits per heavy atom. The second kappa shape index (κ2) is 6.69. The lowest BCUT2D eigenvalue weighted by atomic mass is 10.0. The summed E-state index contributed by atoms with van der Waals surface area (Å²) in [6, 6.07) is -3.23. The van der Waals surface area contributed by atoms with E-state index in [-0.39, 0.29) is 5.92 Å². The molecule has 2 unspecified atom stereocenters. The third-order valence-corrected chi connectivity index (χ3v) is 2.04. The van der Waals surface area contributed by atoms with E-state index in [1.165, 1.54) is 0 Å². The van der Waals surface area contributed by atoms with Crippen LogP contribution in [0.3, 0.4) is 0 Å². The van der Waals surface area contributed by atoms with Gasteiger partial charge in [-0.15, -0.1) is 0 Å². The number of nitrogens with one attached hydrogen (secondary N) is 2. The van der Waals surface area contributed by atoms with Crippen molar-refractivity contribution in [2.45, 2.75) is 25.9 Å². The molecule has 0 aromatic carbocycles. The first-order valence-corrected chi connectivity index (χ1v) is 4.99. The topological polar surface area (TPSA) is 142 Å². The maximum atomic E-state index is 11.6. The molecule has 0 saturated heterocycles. The summed E-state index contributed by atoms with van der Waals surface area (Å²) in [6.45, 7) is 2.59. The normalized spacial score (nSPS) is 13.9. The fraction of sp³-hybridized carbons (Fsp3) is 0.667. The fourth-order valence-corrected chi connectivity index (χ4v) is 1.14. The number of nitrogens with two attached hydrogens (primary N) is 1. The van der Waals surface area contributed by atoms with Crippen LogP contribution in [-0.2, 0) is 9.59 Å². The van der Waals surface area contributed by atoms with Gasteiger partial charge in [0.2, 0.25) is 5.91 Å². The Morgan fingerprint density at radius 3 is 2.06 bits per heavy atom. The van der Waals surface area contributed by atoms with Gasteiger partial charge in [0.25, 0.3) is 0 Å². The van der Waals surface area contributed by atoms with E-state index >= 15 is 0 Å². The summed E-state index contributed by atoms with van der Waals surface area (Å²) in [6.07, 6.45) is 0. The van der Waals surface area contributed by atoms with Crippen molar-refractivity contribution in [2.75, 3.05) is 6.61 Å². The highest BCUT2D eigenvalue weighted by Gasteiger charge is 2.27. The fourth-order valence-electron chi connectivity index (χ4n) is 1.14. The van der Waals surface area contributed by atoms with Crippen LogP contribution >= 0.6 is 0 Å². The van der Waals surface area contributed by atoms with E-state index in [1.807, 2.05) is 0 Å². The van der Waals surface area contributed by atoms with Crippen molar-refractivity contribution in [3.63, 3.8) is 0 Å². The van der Waals surface area contributed by atoms with Crippen LogP contribution < -0.4 is 16.4 Å². The number of carbonyl (C=O) groups is 3. The lowest BCUT2D eigenvalue weighted by Crippen LogP contribution is -2.55. The zero-order valence-corrected chi connectivity index (χ0v) is 9.64. The lowest BCUT2D eigenvalue weighted by molar-refractivity contribution is -0.143. The van der Waals surface area contributed by atoms with E-state index in [4.69, 9.17) is 15.9 Å². The number of carbonyl (C=O) groups excluding carboxylic acids is 2. The van der Waals surface area contributed by atoms with Gasteiger partial charge in [0.1, 0.15) is 12.1 Å². The summed E-state index contributed by atoms with van der Waals surface area (Å²) >= 11 is 0. The van der Waals surface area contributed by atoms with Gasteiger partial charge in [-0.1, -0.05) is 13.8 Å². The molecule has 8 heteroatoms. The summed E-state index contributed by atoms with van der Waals surface area (Å²) in [7, 11) is 0. The van der Waals surface area contributed by atoms with E-state index < -0.39 is 36.6 Å². The summed E-state index contributed by atoms with van der Waals surface area (Å²) in [4.78, 5) is 32.9. The molecule has 0 rings (SSSR count). The average Bonchev–Trinajstić information content (AvgIpc) is 2.20. The third-order valence-electron chi connectivity index (χ3n) is 2.04. The third kappa shape index (κ3) is 5.16. The van der Waals surface area contributed by atoms with Gasteiger partial charge in [-0.05, 0) is 5.92 Å². The van der Waals surface area contributed by atoms with Gasteiger partial charge in [-0.25, -0.2) is 9.59 Å². The van der Waals surface area contributed by atoms with E-state index in [0.717, 1.165) is 0 Å². The van der Waals surface area contributed by atoms with E-state index in [9.17, 15) is 14.4 Å². The summed E-state index contributed by atoms with van der Waals surface area (Å²) < 4.78 is 0.